The van der Waals surface area contributed by atoms with Crippen LogP contribution in [0.4, 0.5) is 0 Å². The summed E-state index contributed by atoms with van der Waals surface area (Å²) in [6.07, 6.45) is 9.20. The van der Waals surface area contributed by atoms with Crippen molar-refractivity contribution >= 4 is 17.5 Å². The maximum absolute atomic E-state index is 12.8. The molecule has 0 bridgehead atoms. The average Bonchev–Trinajstić information content (AvgIpc) is 2.90. The molecule has 4 heteroatoms. The SMILES string of the molecule is CC(=O)O[C@]1(C(C)=O)CCC2C3C=C(C)C4=CC(=O)CCC4(C)C3CCC21C. The molecule has 0 aromatic rings. The van der Waals surface area contributed by atoms with Crippen LogP contribution in [-0.4, -0.2) is 23.1 Å². The minimum Gasteiger partial charge on any atom is -0.451 e. The highest BCUT2D eigenvalue weighted by Crippen LogP contribution is 2.67. The van der Waals surface area contributed by atoms with E-state index in [4.69, 9.17) is 4.74 Å². The lowest BCUT2D eigenvalue weighted by Crippen LogP contribution is -2.58. The normalized spacial score (nSPS) is 44.6. The van der Waals surface area contributed by atoms with Crippen molar-refractivity contribution in [3.05, 3.63) is 23.3 Å². The van der Waals surface area contributed by atoms with Crippen molar-refractivity contribution in [3.8, 4) is 0 Å². The van der Waals surface area contributed by atoms with Gasteiger partial charge in [0.1, 0.15) is 0 Å². The molecule has 5 unspecified atom stereocenters. The van der Waals surface area contributed by atoms with Gasteiger partial charge in [-0.15, -0.1) is 0 Å². The van der Waals surface area contributed by atoms with Crippen LogP contribution in [0.15, 0.2) is 23.3 Å². The Hall–Kier alpha value is -1.71. The highest BCUT2D eigenvalue weighted by Gasteiger charge is 2.67. The molecule has 4 aliphatic carbocycles. The van der Waals surface area contributed by atoms with Crippen molar-refractivity contribution in [1.29, 1.82) is 0 Å². The Morgan fingerprint density at radius 1 is 1.07 bits per heavy atom. The molecule has 152 valence electrons. The monoisotopic (exact) mass is 384 g/mol. The van der Waals surface area contributed by atoms with E-state index in [0.717, 1.165) is 25.7 Å². The summed E-state index contributed by atoms with van der Waals surface area (Å²) in [6.45, 7) is 9.63. The van der Waals surface area contributed by atoms with E-state index in [2.05, 4.69) is 26.8 Å². The highest BCUT2D eigenvalue weighted by molar-refractivity contribution is 5.92. The van der Waals surface area contributed by atoms with E-state index in [0.29, 0.717) is 30.6 Å². The second-order valence-corrected chi connectivity index (χ2v) is 10.1. The van der Waals surface area contributed by atoms with Crippen molar-refractivity contribution in [2.45, 2.75) is 78.7 Å². The first kappa shape index (κ1) is 19.6. The fraction of sp³-hybridized carbons (Fsp3) is 0.708. The van der Waals surface area contributed by atoms with Crippen molar-refractivity contribution in [1.82, 2.24) is 0 Å². The Morgan fingerprint density at radius 2 is 1.75 bits per heavy atom. The van der Waals surface area contributed by atoms with E-state index in [1.165, 1.54) is 18.1 Å². The number of allylic oxidation sites excluding steroid dienone is 4. The molecular weight excluding hydrogens is 352 g/mol. The number of esters is 1. The van der Waals surface area contributed by atoms with Gasteiger partial charge < -0.3 is 4.74 Å². The van der Waals surface area contributed by atoms with Gasteiger partial charge in [-0.2, -0.15) is 0 Å². The molecule has 2 saturated carbocycles. The van der Waals surface area contributed by atoms with Crippen LogP contribution in [-0.2, 0) is 19.1 Å². The summed E-state index contributed by atoms with van der Waals surface area (Å²) in [4.78, 5) is 36.8. The van der Waals surface area contributed by atoms with Gasteiger partial charge in [-0.05, 0) is 80.8 Å². The van der Waals surface area contributed by atoms with Gasteiger partial charge in [0, 0.05) is 18.8 Å². The van der Waals surface area contributed by atoms with Crippen molar-refractivity contribution in [2.24, 2.45) is 28.6 Å². The first-order valence-corrected chi connectivity index (χ1v) is 10.7. The lowest BCUT2D eigenvalue weighted by atomic mass is 9.47. The lowest BCUT2D eigenvalue weighted by molar-refractivity contribution is -0.185. The topological polar surface area (TPSA) is 60.4 Å². The van der Waals surface area contributed by atoms with Gasteiger partial charge in [0.15, 0.2) is 17.2 Å². The van der Waals surface area contributed by atoms with Gasteiger partial charge in [0.25, 0.3) is 0 Å². The van der Waals surface area contributed by atoms with E-state index in [1.807, 2.05) is 6.08 Å². The smallest absolute Gasteiger partial charge is 0.303 e. The summed E-state index contributed by atoms with van der Waals surface area (Å²) in [7, 11) is 0. The molecule has 4 nitrogen and oxygen atoms in total. The van der Waals surface area contributed by atoms with Crippen LogP contribution >= 0.6 is 0 Å². The molecule has 0 N–H and O–H groups in total. The molecule has 0 aromatic heterocycles. The van der Waals surface area contributed by atoms with Gasteiger partial charge in [-0.3, -0.25) is 14.4 Å². The number of fused-ring (bicyclic) bond motifs is 5. The first-order valence-electron chi connectivity index (χ1n) is 10.7. The summed E-state index contributed by atoms with van der Waals surface area (Å²) >= 11 is 0. The molecule has 0 aromatic carbocycles. The fourth-order valence-electron chi connectivity index (χ4n) is 7.48. The Balaban J connectivity index is 1.79. The van der Waals surface area contributed by atoms with E-state index in [1.54, 1.807) is 6.92 Å². The standard InChI is InChI=1S/C24H32O4/c1-14-12-18-19(22(4)9-6-17(27)13-21(14)22)7-10-23(5)20(18)8-11-24(23,15(2)25)28-16(3)26/h12-13,18-20H,6-11H2,1-5H3/t18?,19?,20?,22?,23?,24-/m0/s1. The quantitative estimate of drug-likeness (QED) is 0.654. The second kappa shape index (κ2) is 6.14. The van der Waals surface area contributed by atoms with Crippen LogP contribution in [0, 0.1) is 28.6 Å². The predicted molar refractivity (Wildman–Crippen MR) is 106 cm³/mol. The van der Waals surface area contributed by atoms with Gasteiger partial charge >= 0.3 is 5.97 Å². The van der Waals surface area contributed by atoms with Crippen LogP contribution in [0.2, 0.25) is 0 Å². The van der Waals surface area contributed by atoms with E-state index in [9.17, 15) is 14.4 Å². The molecule has 4 rings (SSSR count). The average molecular weight is 385 g/mol. The molecule has 0 saturated heterocycles. The van der Waals surface area contributed by atoms with Crippen molar-refractivity contribution in [3.63, 3.8) is 0 Å². The number of carbonyl (C=O) groups excluding carboxylic acids is 3. The largest absolute Gasteiger partial charge is 0.451 e. The van der Waals surface area contributed by atoms with E-state index >= 15 is 0 Å². The number of hydrogen-bond acceptors (Lipinski definition) is 4. The minimum absolute atomic E-state index is 0.0160. The third-order valence-corrected chi connectivity index (χ3v) is 8.84. The maximum atomic E-state index is 12.8. The van der Waals surface area contributed by atoms with Gasteiger partial charge in [0.2, 0.25) is 0 Å². The summed E-state index contributed by atoms with van der Waals surface area (Å²) < 4.78 is 5.82. The summed E-state index contributed by atoms with van der Waals surface area (Å²) in [6, 6.07) is 0. The molecule has 0 spiro atoms. The maximum Gasteiger partial charge on any atom is 0.303 e. The Labute approximate surface area is 167 Å². The Kier molecular flexibility index (Phi) is 4.30. The molecule has 0 amide bonds. The molecule has 0 heterocycles. The van der Waals surface area contributed by atoms with E-state index < -0.39 is 5.60 Å². The number of ketones is 2. The number of ether oxygens (including phenoxy) is 1. The van der Waals surface area contributed by atoms with Crippen molar-refractivity contribution < 1.29 is 19.1 Å². The number of rotatable bonds is 2. The first-order chi connectivity index (χ1) is 13.0. The minimum atomic E-state index is -0.990. The second-order valence-electron chi connectivity index (χ2n) is 10.1. The lowest BCUT2D eigenvalue weighted by Gasteiger charge is -2.58. The molecule has 0 radical (unpaired) electrons. The molecule has 28 heavy (non-hydrogen) atoms. The van der Waals surface area contributed by atoms with Gasteiger partial charge in [0.05, 0.1) is 0 Å². The molecule has 2 fully saturated rings. The van der Waals surface area contributed by atoms with Gasteiger partial charge in [-0.1, -0.05) is 25.5 Å². The zero-order valence-electron chi connectivity index (χ0n) is 17.8. The summed E-state index contributed by atoms with van der Waals surface area (Å²) in [5, 5.41) is 0. The molecule has 4 aliphatic rings. The van der Waals surface area contributed by atoms with E-state index in [-0.39, 0.29) is 28.4 Å². The van der Waals surface area contributed by atoms with Gasteiger partial charge in [-0.25, -0.2) is 0 Å². The zero-order valence-corrected chi connectivity index (χ0v) is 17.8. The fourth-order valence-corrected chi connectivity index (χ4v) is 7.48. The number of carbonyl (C=O) groups is 3. The zero-order chi connectivity index (χ0) is 20.5. The van der Waals surface area contributed by atoms with Crippen LogP contribution in [0.3, 0.4) is 0 Å². The third kappa shape index (κ3) is 2.39. The van der Waals surface area contributed by atoms with Crippen molar-refractivity contribution in [2.75, 3.05) is 0 Å². The number of Topliss-reactive ketones (excluding diaryl/α,β-unsaturated/α-hetero) is 1. The molecule has 0 aliphatic heterocycles. The van der Waals surface area contributed by atoms with Crippen LogP contribution in [0.1, 0.15) is 73.1 Å². The van der Waals surface area contributed by atoms with Crippen LogP contribution in [0.5, 0.6) is 0 Å². The predicted octanol–water partition coefficient (Wildman–Crippen LogP) is 4.58. The summed E-state index contributed by atoms with van der Waals surface area (Å²) in [5.41, 5.74) is 1.15. The summed E-state index contributed by atoms with van der Waals surface area (Å²) in [5.74, 6) is 1.03. The third-order valence-electron chi connectivity index (χ3n) is 8.84. The van der Waals surface area contributed by atoms with Crippen LogP contribution < -0.4 is 0 Å². The van der Waals surface area contributed by atoms with Crippen LogP contribution in [0.25, 0.3) is 0 Å². The number of hydrogen-bond donors (Lipinski definition) is 0. The molecule has 6 atom stereocenters. The Bertz CT molecular complexity index is 820. The Morgan fingerprint density at radius 3 is 2.39 bits per heavy atom. The molecular formula is C24H32O4. The highest BCUT2D eigenvalue weighted by atomic mass is 16.6.